The van der Waals surface area contributed by atoms with Gasteiger partial charge in [0.2, 0.25) is 0 Å². The van der Waals surface area contributed by atoms with Gasteiger partial charge in [0.1, 0.15) is 5.52 Å². The lowest BCUT2D eigenvalue weighted by atomic mass is 9.96. The Labute approximate surface area is 180 Å². The van der Waals surface area contributed by atoms with Crippen LogP contribution in [0.1, 0.15) is 31.4 Å². The summed E-state index contributed by atoms with van der Waals surface area (Å²) in [7, 11) is 0. The zero-order valence-electron chi connectivity index (χ0n) is 17.0. The minimum atomic E-state index is -0.0378. The Balaban J connectivity index is 1.35. The Hall–Kier alpha value is -2.67. The summed E-state index contributed by atoms with van der Waals surface area (Å²) in [5.74, 6) is 2.26. The summed E-state index contributed by atoms with van der Waals surface area (Å²) in [6.45, 7) is 4.49. The molecule has 3 aromatic rings. The number of hydrogen-bond donors (Lipinski definition) is 1. The van der Waals surface area contributed by atoms with Crippen molar-refractivity contribution in [2.45, 2.75) is 45.2 Å². The molecule has 30 heavy (non-hydrogen) atoms. The van der Waals surface area contributed by atoms with Crippen molar-refractivity contribution < 1.29 is 0 Å². The Morgan fingerprint density at radius 2 is 1.97 bits per heavy atom. The SMILES string of the molecule is Cc1nccc2nc(NC3CC3)c(N3CCC(Cn4ccc(Cl)cc4=O)CC3)nc12. The van der Waals surface area contributed by atoms with Gasteiger partial charge in [-0.3, -0.25) is 9.78 Å². The van der Waals surface area contributed by atoms with Gasteiger partial charge in [0.25, 0.3) is 5.56 Å². The predicted octanol–water partition coefficient (Wildman–Crippen LogP) is 3.64. The summed E-state index contributed by atoms with van der Waals surface area (Å²) in [5, 5.41) is 4.05. The standard InChI is InChI=1S/C22H25ClN6O/c1-14-20-18(4-8-24-14)26-21(25-17-2-3-17)22(27-20)28-9-5-15(6-10-28)13-29-11-7-16(23)12-19(29)30/h4,7-8,11-12,15,17H,2-3,5-6,9-10,13H2,1H3,(H,25,26). The number of rotatable bonds is 5. The first kappa shape index (κ1) is 19.3. The Morgan fingerprint density at radius 3 is 2.70 bits per heavy atom. The molecule has 5 rings (SSSR count). The molecule has 1 aliphatic heterocycles. The van der Waals surface area contributed by atoms with E-state index in [4.69, 9.17) is 21.6 Å². The Bertz CT molecular complexity index is 1130. The largest absolute Gasteiger partial charge is 0.364 e. The highest BCUT2D eigenvalue weighted by Crippen LogP contribution is 2.33. The van der Waals surface area contributed by atoms with Gasteiger partial charge in [-0.25, -0.2) is 9.97 Å². The molecule has 3 aromatic heterocycles. The van der Waals surface area contributed by atoms with Crippen molar-refractivity contribution in [3.05, 3.63) is 51.7 Å². The van der Waals surface area contributed by atoms with Crippen LogP contribution in [0.25, 0.3) is 11.0 Å². The van der Waals surface area contributed by atoms with Crippen LogP contribution >= 0.6 is 11.6 Å². The van der Waals surface area contributed by atoms with E-state index in [1.165, 1.54) is 18.9 Å². The highest BCUT2D eigenvalue weighted by Gasteiger charge is 2.27. The normalized spacial score (nSPS) is 17.5. The second-order valence-corrected chi connectivity index (χ2v) is 8.78. The molecular weight excluding hydrogens is 400 g/mol. The number of nitrogens with zero attached hydrogens (tertiary/aromatic N) is 5. The van der Waals surface area contributed by atoms with Crippen LogP contribution in [-0.2, 0) is 6.54 Å². The molecule has 1 saturated carbocycles. The second kappa shape index (κ2) is 7.87. The van der Waals surface area contributed by atoms with Crippen LogP contribution in [0, 0.1) is 12.8 Å². The minimum Gasteiger partial charge on any atom is -0.364 e. The fraction of sp³-hybridized carbons (Fsp3) is 0.455. The van der Waals surface area contributed by atoms with E-state index in [9.17, 15) is 4.79 Å². The molecule has 4 heterocycles. The summed E-state index contributed by atoms with van der Waals surface area (Å²) >= 11 is 5.91. The highest BCUT2D eigenvalue weighted by atomic mass is 35.5. The van der Waals surface area contributed by atoms with E-state index in [2.05, 4.69) is 15.2 Å². The number of anilines is 2. The van der Waals surface area contributed by atoms with Crippen LogP contribution in [0.2, 0.25) is 5.02 Å². The monoisotopic (exact) mass is 424 g/mol. The average molecular weight is 425 g/mol. The maximum atomic E-state index is 12.1. The van der Waals surface area contributed by atoms with Gasteiger partial charge in [-0.15, -0.1) is 0 Å². The molecular formula is C22H25ClN6O. The number of nitrogens with one attached hydrogen (secondary N) is 1. The average Bonchev–Trinajstić information content (AvgIpc) is 3.55. The zero-order chi connectivity index (χ0) is 20.7. The number of piperidine rings is 1. The van der Waals surface area contributed by atoms with E-state index in [-0.39, 0.29) is 5.56 Å². The van der Waals surface area contributed by atoms with Crippen molar-refractivity contribution >= 4 is 34.3 Å². The molecule has 0 aromatic carbocycles. The third-order valence-electron chi connectivity index (χ3n) is 5.99. The van der Waals surface area contributed by atoms with E-state index < -0.39 is 0 Å². The summed E-state index contributed by atoms with van der Waals surface area (Å²) in [6, 6.07) is 5.68. The van der Waals surface area contributed by atoms with Gasteiger partial charge < -0.3 is 14.8 Å². The number of pyridine rings is 2. The number of fused-ring (bicyclic) bond motifs is 1. The molecule has 1 saturated heterocycles. The fourth-order valence-electron chi connectivity index (χ4n) is 4.08. The van der Waals surface area contributed by atoms with Crippen molar-refractivity contribution in [2.75, 3.05) is 23.3 Å². The lowest BCUT2D eigenvalue weighted by Crippen LogP contribution is -2.37. The lowest BCUT2D eigenvalue weighted by Gasteiger charge is -2.34. The molecule has 0 spiro atoms. The van der Waals surface area contributed by atoms with Crippen LogP contribution in [-0.4, -0.2) is 38.7 Å². The molecule has 8 heteroatoms. The third kappa shape index (κ3) is 3.99. The van der Waals surface area contributed by atoms with Crippen molar-refractivity contribution in [3.8, 4) is 0 Å². The van der Waals surface area contributed by atoms with Crippen LogP contribution in [0.5, 0.6) is 0 Å². The first-order chi connectivity index (χ1) is 14.6. The van der Waals surface area contributed by atoms with E-state index >= 15 is 0 Å². The topological polar surface area (TPSA) is 75.9 Å². The predicted molar refractivity (Wildman–Crippen MR) is 119 cm³/mol. The third-order valence-corrected chi connectivity index (χ3v) is 6.23. The van der Waals surface area contributed by atoms with Gasteiger partial charge in [-0.1, -0.05) is 11.6 Å². The lowest BCUT2D eigenvalue weighted by molar-refractivity contribution is 0.352. The Kier molecular flexibility index (Phi) is 5.06. The molecule has 0 amide bonds. The molecule has 2 fully saturated rings. The van der Waals surface area contributed by atoms with Crippen LogP contribution in [0.3, 0.4) is 0 Å². The maximum absolute atomic E-state index is 12.1. The Morgan fingerprint density at radius 1 is 1.17 bits per heavy atom. The summed E-state index contributed by atoms with van der Waals surface area (Å²) in [4.78, 5) is 28.7. The molecule has 156 valence electrons. The molecule has 7 nitrogen and oxygen atoms in total. The van der Waals surface area contributed by atoms with Crippen LogP contribution < -0.4 is 15.8 Å². The molecule has 0 atom stereocenters. The van der Waals surface area contributed by atoms with Crippen LogP contribution in [0.15, 0.2) is 35.4 Å². The summed E-state index contributed by atoms with van der Waals surface area (Å²) < 4.78 is 1.76. The van der Waals surface area contributed by atoms with Gasteiger partial charge in [0.05, 0.1) is 11.2 Å². The minimum absolute atomic E-state index is 0.0378. The quantitative estimate of drug-likeness (QED) is 0.673. The van der Waals surface area contributed by atoms with Crippen molar-refractivity contribution in [3.63, 3.8) is 0 Å². The van der Waals surface area contributed by atoms with Crippen molar-refractivity contribution in [2.24, 2.45) is 5.92 Å². The molecule has 0 bridgehead atoms. The smallest absolute Gasteiger partial charge is 0.252 e. The van der Waals surface area contributed by atoms with Gasteiger partial charge in [-0.05, 0) is 50.7 Å². The number of aryl methyl sites for hydroxylation is 1. The number of hydrogen-bond acceptors (Lipinski definition) is 6. The highest BCUT2D eigenvalue weighted by molar-refractivity contribution is 6.30. The van der Waals surface area contributed by atoms with Gasteiger partial charge in [0, 0.05) is 49.2 Å². The molecule has 0 radical (unpaired) electrons. The van der Waals surface area contributed by atoms with Gasteiger partial charge in [0.15, 0.2) is 11.6 Å². The van der Waals surface area contributed by atoms with E-state index in [1.807, 2.05) is 13.0 Å². The van der Waals surface area contributed by atoms with Crippen LogP contribution in [0.4, 0.5) is 11.6 Å². The summed E-state index contributed by atoms with van der Waals surface area (Å²) in [5.41, 5.74) is 2.61. The molecule has 1 N–H and O–H groups in total. The number of halogens is 1. The first-order valence-electron chi connectivity index (χ1n) is 10.6. The van der Waals surface area contributed by atoms with Crippen molar-refractivity contribution in [1.82, 2.24) is 19.5 Å². The van der Waals surface area contributed by atoms with E-state index in [0.717, 1.165) is 60.8 Å². The maximum Gasteiger partial charge on any atom is 0.252 e. The molecule has 2 aliphatic rings. The van der Waals surface area contributed by atoms with Gasteiger partial charge in [-0.2, -0.15) is 0 Å². The first-order valence-corrected chi connectivity index (χ1v) is 11.0. The van der Waals surface area contributed by atoms with Gasteiger partial charge >= 0.3 is 0 Å². The molecule has 1 aliphatic carbocycles. The second-order valence-electron chi connectivity index (χ2n) is 8.34. The van der Waals surface area contributed by atoms with E-state index in [0.29, 0.717) is 17.0 Å². The van der Waals surface area contributed by atoms with Crippen molar-refractivity contribution in [1.29, 1.82) is 0 Å². The fourth-order valence-corrected chi connectivity index (χ4v) is 4.23. The van der Waals surface area contributed by atoms with E-state index in [1.54, 1.807) is 23.0 Å². The molecule has 0 unspecified atom stereocenters. The summed E-state index contributed by atoms with van der Waals surface area (Å²) in [6.07, 6.45) is 7.96. The number of aromatic nitrogens is 4. The zero-order valence-corrected chi connectivity index (χ0v) is 17.8.